The fraction of sp³-hybridized carbons (Fsp3) is 0.350. The van der Waals surface area contributed by atoms with E-state index in [4.69, 9.17) is 0 Å². The number of phenolic OH excluding ortho intramolecular Hbond substituents is 1. The van der Waals surface area contributed by atoms with E-state index < -0.39 is 0 Å². The van der Waals surface area contributed by atoms with Crippen molar-refractivity contribution in [2.24, 2.45) is 5.92 Å². The Labute approximate surface area is 163 Å². The van der Waals surface area contributed by atoms with Gasteiger partial charge in [0, 0.05) is 49.2 Å². The first-order chi connectivity index (χ1) is 13.6. The molecular formula is C20H23N7O. The van der Waals surface area contributed by atoms with Crippen molar-refractivity contribution < 1.29 is 5.11 Å². The molecule has 3 aromatic rings. The SMILES string of the molecule is CC(C)[C@H]1CN(c2ncc(-c3ccc(-c4cnccn4)cc3O)nn2)CCN1. The lowest BCUT2D eigenvalue weighted by Crippen LogP contribution is -2.53. The molecule has 3 heterocycles. The Morgan fingerprint density at radius 1 is 1.11 bits per heavy atom. The maximum absolute atomic E-state index is 10.5. The Bertz CT molecular complexity index is 931. The molecule has 0 unspecified atom stereocenters. The summed E-state index contributed by atoms with van der Waals surface area (Å²) in [5.74, 6) is 1.26. The second-order valence-corrected chi connectivity index (χ2v) is 7.22. The van der Waals surface area contributed by atoms with Gasteiger partial charge in [0.15, 0.2) is 0 Å². The molecule has 1 aromatic carbocycles. The molecule has 1 fully saturated rings. The van der Waals surface area contributed by atoms with Crippen LogP contribution in [0.15, 0.2) is 43.0 Å². The number of nitrogens with one attached hydrogen (secondary N) is 1. The Balaban J connectivity index is 1.54. The Morgan fingerprint density at radius 3 is 2.68 bits per heavy atom. The Hall–Kier alpha value is -3.13. The molecule has 0 aliphatic carbocycles. The van der Waals surface area contributed by atoms with Crippen LogP contribution in [-0.2, 0) is 0 Å². The van der Waals surface area contributed by atoms with Crippen LogP contribution >= 0.6 is 0 Å². The zero-order valence-electron chi connectivity index (χ0n) is 15.9. The van der Waals surface area contributed by atoms with Gasteiger partial charge in [0.2, 0.25) is 5.95 Å². The van der Waals surface area contributed by atoms with E-state index in [9.17, 15) is 5.11 Å². The standard InChI is InChI=1S/C20H23N7O/c1-13(2)18-12-27(8-7-23-18)20-24-11-17(25-26-20)15-4-3-14(9-19(15)28)16-10-21-5-6-22-16/h3-6,9-11,13,18,23,28H,7-8,12H2,1-2H3/t18-/m1/s1. The molecule has 1 saturated heterocycles. The number of aromatic nitrogens is 5. The summed E-state index contributed by atoms with van der Waals surface area (Å²) < 4.78 is 0. The van der Waals surface area contributed by atoms with E-state index in [1.807, 2.05) is 6.07 Å². The van der Waals surface area contributed by atoms with Gasteiger partial charge >= 0.3 is 0 Å². The highest BCUT2D eigenvalue weighted by molar-refractivity contribution is 5.72. The molecule has 1 aliphatic rings. The van der Waals surface area contributed by atoms with Crippen molar-refractivity contribution in [2.75, 3.05) is 24.5 Å². The van der Waals surface area contributed by atoms with Gasteiger partial charge in [-0.15, -0.1) is 10.2 Å². The van der Waals surface area contributed by atoms with Gasteiger partial charge in [0.1, 0.15) is 11.4 Å². The number of anilines is 1. The summed E-state index contributed by atoms with van der Waals surface area (Å²) in [6.45, 7) is 7.02. The Morgan fingerprint density at radius 2 is 2.00 bits per heavy atom. The number of nitrogens with zero attached hydrogens (tertiary/aromatic N) is 6. The first-order valence-corrected chi connectivity index (χ1v) is 9.39. The summed E-state index contributed by atoms with van der Waals surface area (Å²) in [5, 5.41) is 22.6. The first kappa shape index (κ1) is 18.2. The van der Waals surface area contributed by atoms with Crippen LogP contribution in [0, 0.1) is 5.92 Å². The molecule has 0 radical (unpaired) electrons. The predicted molar refractivity (Wildman–Crippen MR) is 107 cm³/mol. The van der Waals surface area contributed by atoms with Crippen molar-refractivity contribution in [1.29, 1.82) is 0 Å². The van der Waals surface area contributed by atoms with Gasteiger partial charge in [-0.1, -0.05) is 19.9 Å². The summed E-state index contributed by atoms with van der Waals surface area (Å²) in [4.78, 5) is 14.9. The van der Waals surface area contributed by atoms with Crippen LogP contribution in [0.4, 0.5) is 5.95 Å². The lowest BCUT2D eigenvalue weighted by atomic mass is 10.0. The molecule has 0 bridgehead atoms. The molecule has 1 aliphatic heterocycles. The summed E-state index contributed by atoms with van der Waals surface area (Å²) >= 11 is 0. The highest BCUT2D eigenvalue weighted by atomic mass is 16.3. The van der Waals surface area contributed by atoms with Gasteiger partial charge in [-0.05, 0) is 18.1 Å². The third kappa shape index (κ3) is 3.77. The topological polar surface area (TPSA) is 100.0 Å². The smallest absolute Gasteiger partial charge is 0.245 e. The monoisotopic (exact) mass is 377 g/mol. The van der Waals surface area contributed by atoms with Crippen molar-refractivity contribution in [3.8, 4) is 28.3 Å². The zero-order valence-corrected chi connectivity index (χ0v) is 15.9. The normalized spacial score (nSPS) is 17.1. The van der Waals surface area contributed by atoms with Crippen LogP contribution in [0.25, 0.3) is 22.5 Å². The maximum atomic E-state index is 10.5. The van der Waals surface area contributed by atoms with Gasteiger partial charge in [0.25, 0.3) is 0 Å². The molecule has 8 nitrogen and oxygen atoms in total. The number of hydrogen-bond donors (Lipinski definition) is 2. The van der Waals surface area contributed by atoms with Gasteiger partial charge in [0.05, 0.1) is 18.1 Å². The van der Waals surface area contributed by atoms with Crippen LogP contribution in [0.2, 0.25) is 0 Å². The number of aromatic hydroxyl groups is 1. The minimum absolute atomic E-state index is 0.106. The van der Waals surface area contributed by atoms with Gasteiger partial charge in [-0.25, -0.2) is 4.98 Å². The number of benzene rings is 1. The van der Waals surface area contributed by atoms with Crippen LogP contribution in [0.5, 0.6) is 5.75 Å². The fourth-order valence-electron chi connectivity index (χ4n) is 3.30. The molecule has 2 N–H and O–H groups in total. The van der Waals surface area contributed by atoms with Crippen LogP contribution in [-0.4, -0.2) is 55.9 Å². The summed E-state index contributed by atoms with van der Waals surface area (Å²) in [5.41, 5.74) is 2.59. The fourth-order valence-corrected chi connectivity index (χ4v) is 3.30. The average molecular weight is 377 g/mol. The van der Waals surface area contributed by atoms with E-state index in [0.29, 0.717) is 34.9 Å². The third-order valence-corrected chi connectivity index (χ3v) is 4.98. The van der Waals surface area contributed by atoms with Gasteiger partial charge < -0.3 is 15.3 Å². The van der Waals surface area contributed by atoms with Crippen LogP contribution in [0.3, 0.4) is 0 Å². The molecule has 4 rings (SSSR count). The van der Waals surface area contributed by atoms with E-state index in [1.165, 1.54) is 0 Å². The molecule has 0 spiro atoms. The maximum Gasteiger partial charge on any atom is 0.245 e. The van der Waals surface area contributed by atoms with E-state index >= 15 is 0 Å². The zero-order chi connectivity index (χ0) is 19.5. The molecule has 144 valence electrons. The van der Waals surface area contributed by atoms with Crippen molar-refractivity contribution in [1.82, 2.24) is 30.5 Å². The highest BCUT2D eigenvalue weighted by Crippen LogP contribution is 2.31. The van der Waals surface area contributed by atoms with Gasteiger partial charge in [-0.3, -0.25) is 9.97 Å². The van der Waals surface area contributed by atoms with Crippen molar-refractivity contribution in [3.63, 3.8) is 0 Å². The molecule has 8 heteroatoms. The quantitative estimate of drug-likeness (QED) is 0.713. The van der Waals surface area contributed by atoms with Crippen molar-refractivity contribution in [3.05, 3.63) is 43.0 Å². The van der Waals surface area contributed by atoms with Crippen molar-refractivity contribution in [2.45, 2.75) is 19.9 Å². The largest absolute Gasteiger partial charge is 0.507 e. The summed E-state index contributed by atoms with van der Waals surface area (Å²) in [6, 6.07) is 5.73. The molecule has 0 amide bonds. The molecular weight excluding hydrogens is 354 g/mol. The van der Waals surface area contributed by atoms with E-state index in [0.717, 1.165) is 25.2 Å². The molecule has 2 aromatic heterocycles. The lowest BCUT2D eigenvalue weighted by Gasteiger charge is -2.35. The minimum Gasteiger partial charge on any atom is -0.507 e. The van der Waals surface area contributed by atoms with E-state index in [-0.39, 0.29) is 5.75 Å². The number of rotatable bonds is 4. The lowest BCUT2D eigenvalue weighted by molar-refractivity contribution is 0.365. The second-order valence-electron chi connectivity index (χ2n) is 7.22. The second kappa shape index (κ2) is 7.85. The minimum atomic E-state index is 0.106. The number of hydrogen-bond acceptors (Lipinski definition) is 8. The van der Waals surface area contributed by atoms with Crippen molar-refractivity contribution >= 4 is 5.95 Å². The average Bonchev–Trinajstić information content (AvgIpc) is 2.74. The summed E-state index contributed by atoms with van der Waals surface area (Å²) in [6.07, 6.45) is 6.55. The third-order valence-electron chi connectivity index (χ3n) is 4.98. The van der Waals surface area contributed by atoms with Crippen LogP contribution in [0.1, 0.15) is 13.8 Å². The highest BCUT2D eigenvalue weighted by Gasteiger charge is 2.23. The van der Waals surface area contributed by atoms with Crippen LogP contribution < -0.4 is 10.2 Å². The number of phenols is 1. The van der Waals surface area contributed by atoms with E-state index in [1.54, 1.807) is 36.9 Å². The summed E-state index contributed by atoms with van der Waals surface area (Å²) in [7, 11) is 0. The molecule has 0 saturated carbocycles. The molecule has 28 heavy (non-hydrogen) atoms. The Kier molecular flexibility index (Phi) is 5.12. The number of piperazine rings is 1. The molecule has 1 atom stereocenters. The van der Waals surface area contributed by atoms with Gasteiger partial charge in [-0.2, -0.15) is 0 Å². The predicted octanol–water partition coefficient (Wildman–Crippen LogP) is 2.14. The van der Waals surface area contributed by atoms with E-state index in [2.05, 4.69) is 49.2 Å². The first-order valence-electron chi connectivity index (χ1n) is 9.39.